The van der Waals surface area contributed by atoms with Gasteiger partial charge in [0.25, 0.3) is 5.91 Å². The fourth-order valence-corrected chi connectivity index (χ4v) is 1.63. The summed E-state index contributed by atoms with van der Waals surface area (Å²) in [5.74, 6) is -0.0525. The monoisotopic (exact) mass is 228 g/mol. The molecule has 3 nitrogen and oxygen atoms in total. The van der Waals surface area contributed by atoms with Crippen molar-refractivity contribution in [2.75, 3.05) is 0 Å². The Morgan fingerprint density at radius 3 is 2.71 bits per heavy atom. The minimum absolute atomic E-state index is 0.0525. The van der Waals surface area contributed by atoms with Crippen LogP contribution >= 0.6 is 0 Å². The van der Waals surface area contributed by atoms with Gasteiger partial charge in [-0.05, 0) is 45.0 Å². The molecule has 2 rings (SSSR count). The molecule has 0 fully saturated rings. The van der Waals surface area contributed by atoms with E-state index in [2.05, 4.69) is 10.3 Å². The first-order valence-electron chi connectivity index (χ1n) is 5.63. The van der Waals surface area contributed by atoms with Crippen molar-refractivity contribution in [2.24, 2.45) is 0 Å². The van der Waals surface area contributed by atoms with Crippen molar-refractivity contribution in [3.63, 3.8) is 0 Å². The molecular weight excluding hydrogens is 212 g/mol. The van der Waals surface area contributed by atoms with E-state index in [1.54, 1.807) is 12.3 Å². The predicted molar refractivity (Wildman–Crippen MR) is 69.0 cm³/mol. The number of carbonyl (C=O) groups excluding carboxylic acids is 1. The molecule has 1 aromatic carbocycles. The van der Waals surface area contributed by atoms with Gasteiger partial charge >= 0.3 is 0 Å². The molecule has 0 aliphatic heterocycles. The van der Waals surface area contributed by atoms with Gasteiger partial charge in [-0.25, -0.2) is 0 Å². The van der Waals surface area contributed by atoms with Gasteiger partial charge in [-0.2, -0.15) is 0 Å². The minimum Gasteiger partial charge on any atom is -0.347 e. The summed E-state index contributed by atoms with van der Waals surface area (Å²) in [6.45, 7) is 5.90. The lowest BCUT2D eigenvalue weighted by molar-refractivity contribution is 0.0919. The number of benzene rings is 1. The second kappa shape index (κ2) is 4.17. The molecule has 88 valence electrons. The van der Waals surface area contributed by atoms with Crippen LogP contribution in [-0.2, 0) is 0 Å². The maximum Gasteiger partial charge on any atom is 0.251 e. The van der Waals surface area contributed by atoms with E-state index in [4.69, 9.17) is 0 Å². The van der Waals surface area contributed by atoms with Crippen LogP contribution in [0.15, 0.2) is 36.5 Å². The lowest BCUT2D eigenvalue weighted by Crippen LogP contribution is -2.40. The highest BCUT2D eigenvalue weighted by molar-refractivity contribution is 5.98. The second-order valence-electron chi connectivity index (χ2n) is 5.12. The Bertz CT molecular complexity index is 555. The number of aromatic nitrogens is 1. The molecule has 0 bridgehead atoms. The maximum atomic E-state index is 12.0. The van der Waals surface area contributed by atoms with E-state index in [1.807, 2.05) is 45.0 Å². The highest BCUT2D eigenvalue weighted by Crippen LogP contribution is 2.14. The average molecular weight is 228 g/mol. The number of pyridine rings is 1. The molecule has 0 saturated carbocycles. The van der Waals surface area contributed by atoms with E-state index in [-0.39, 0.29) is 11.4 Å². The van der Waals surface area contributed by atoms with Crippen LogP contribution < -0.4 is 5.32 Å². The summed E-state index contributed by atoms with van der Waals surface area (Å²) in [4.78, 5) is 16.2. The Kier molecular flexibility index (Phi) is 2.84. The summed E-state index contributed by atoms with van der Waals surface area (Å²) >= 11 is 0. The molecule has 0 spiro atoms. The molecule has 1 amide bonds. The number of hydrogen-bond donors (Lipinski definition) is 1. The molecule has 0 aliphatic carbocycles. The zero-order valence-corrected chi connectivity index (χ0v) is 10.3. The summed E-state index contributed by atoms with van der Waals surface area (Å²) in [7, 11) is 0. The van der Waals surface area contributed by atoms with Crippen molar-refractivity contribution in [2.45, 2.75) is 26.3 Å². The fourth-order valence-electron chi connectivity index (χ4n) is 1.63. The molecule has 3 heteroatoms. The van der Waals surface area contributed by atoms with Gasteiger partial charge in [-0.1, -0.05) is 6.07 Å². The van der Waals surface area contributed by atoms with Crippen LogP contribution in [0.2, 0.25) is 0 Å². The Labute approximate surface area is 101 Å². The summed E-state index contributed by atoms with van der Waals surface area (Å²) in [5.41, 5.74) is 1.35. The molecule has 1 aromatic heterocycles. The van der Waals surface area contributed by atoms with Gasteiger partial charge in [0.15, 0.2) is 0 Å². The normalized spacial score (nSPS) is 11.5. The molecule has 0 aliphatic rings. The van der Waals surface area contributed by atoms with Crippen LogP contribution in [0.3, 0.4) is 0 Å². The number of fused-ring (bicyclic) bond motifs is 1. The first kappa shape index (κ1) is 11.6. The molecule has 2 aromatic rings. The predicted octanol–water partition coefficient (Wildman–Crippen LogP) is 2.76. The van der Waals surface area contributed by atoms with Crippen LogP contribution in [0.25, 0.3) is 10.9 Å². The number of rotatable bonds is 1. The minimum atomic E-state index is -0.221. The molecule has 17 heavy (non-hydrogen) atoms. The van der Waals surface area contributed by atoms with E-state index < -0.39 is 0 Å². The Morgan fingerprint density at radius 1 is 1.24 bits per heavy atom. The fraction of sp³-hybridized carbons (Fsp3) is 0.286. The Hall–Kier alpha value is -1.90. The molecule has 1 N–H and O–H groups in total. The number of nitrogens with zero attached hydrogens (tertiary/aromatic N) is 1. The lowest BCUT2D eigenvalue weighted by Gasteiger charge is -2.20. The van der Waals surface area contributed by atoms with Crippen molar-refractivity contribution in [3.05, 3.63) is 42.1 Å². The number of amides is 1. The second-order valence-corrected chi connectivity index (χ2v) is 5.12. The summed E-state index contributed by atoms with van der Waals surface area (Å²) in [5, 5.41) is 3.92. The number of nitrogens with one attached hydrogen (secondary N) is 1. The highest BCUT2D eigenvalue weighted by Gasteiger charge is 2.15. The van der Waals surface area contributed by atoms with Crippen LogP contribution in [0.5, 0.6) is 0 Å². The third kappa shape index (κ3) is 2.81. The largest absolute Gasteiger partial charge is 0.347 e. The topological polar surface area (TPSA) is 42.0 Å². The first-order chi connectivity index (χ1) is 7.96. The van der Waals surface area contributed by atoms with Gasteiger partial charge < -0.3 is 5.32 Å². The summed E-state index contributed by atoms with van der Waals surface area (Å²) in [6.07, 6.45) is 1.75. The van der Waals surface area contributed by atoms with Crippen LogP contribution in [0.4, 0.5) is 0 Å². The maximum absolute atomic E-state index is 12.0. The Balaban J connectivity index is 2.33. The third-order valence-electron chi connectivity index (χ3n) is 2.35. The van der Waals surface area contributed by atoms with Crippen LogP contribution in [-0.4, -0.2) is 16.4 Å². The first-order valence-corrected chi connectivity index (χ1v) is 5.63. The smallest absolute Gasteiger partial charge is 0.251 e. The van der Waals surface area contributed by atoms with Gasteiger partial charge in [0.2, 0.25) is 0 Å². The molecule has 0 atom stereocenters. The van der Waals surface area contributed by atoms with E-state index in [1.165, 1.54) is 0 Å². The Morgan fingerprint density at radius 2 is 2.00 bits per heavy atom. The number of carbonyl (C=O) groups is 1. The SMILES string of the molecule is CC(C)(C)NC(=O)c1ccc2ncccc2c1. The van der Waals surface area contributed by atoms with Gasteiger partial charge in [0, 0.05) is 22.7 Å². The zero-order chi connectivity index (χ0) is 12.5. The summed E-state index contributed by atoms with van der Waals surface area (Å²) < 4.78 is 0. The molecule has 0 saturated heterocycles. The van der Waals surface area contributed by atoms with E-state index in [0.29, 0.717) is 5.56 Å². The van der Waals surface area contributed by atoms with E-state index in [9.17, 15) is 4.79 Å². The van der Waals surface area contributed by atoms with Gasteiger partial charge in [0.1, 0.15) is 0 Å². The van der Waals surface area contributed by atoms with Crippen LogP contribution in [0.1, 0.15) is 31.1 Å². The van der Waals surface area contributed by atoms with Crippen molar-refractivity contribution >= 4 is 16.8 Å². The molecule has 1 heterocycles. The quantitative estimate of drug-likeness (QED) is 0.815. The van der Waals surface area contributed by atoms with Gasteiger partial charge in [0.05, 0.1) is 5.52 Å². The summed E-state index contributed by atoms with van der Waals surface area (Å²) in [6, 6.07) is 9.36. The van der Waals surface area contributed by atoms with Crippen molar-refractivity contribution in [1.82, 2.24) is 10.3 Å². The lowest BCUT2D eigenvalue weighted by atomic mass is 10.1. The van der Waals surface area contributed by atoms with Gasteiger partial charge in [-0.15, -0.1) is 0 Å². The number of hydrogen-bond acceptors (Lipinski definition) is 2. The standard InChI is InChI=1S/C14H16N2O/c1-14(2,3)16-13(17)11-6-7-12-10(9-11)5-4-8-15-12/h4-9H,1-3H3,(H,16,17). The zero-order valence-electron chi connectivity index (χ0n) is 10.3. The van der Waals surface area contributed by atoms with Gasteiger partial charge in [-0.3, -0.25) is 9.78 Å². The molecule has 0 unspecified atom stereocenters. The van der Waals surface area contributed by atoms with Crippen LogP contribution in [0, 0.1) is 0 Å². The van der Waals surface area contributed by atoms with Crippen molar-refractivity contribution in [3.8, 4) is 0 Å². The van der Waals surface area contributed by atoms with E-state index >= 15 is 0 Å². The highest BCUT2D eigenvalue weighted by atomic mass is 16.1. The van der Waals surface area contributed by atoms with E-state index in [0.717, 1.165) is 10.9 Å². The van der Waals surface area contributed by atoms with Crippen molar-refractivity contribution < 1.29 is 4.79 Å². The molecule has 0 radical (unpaired) electrons. The third-order valence-corrected chi connectivity index (χ3v) is 2.35. The molecular formula is C14H16N2O. The van der Waals surface area contributed by atoms with Crippen molar-refractivity contribution in [1.29, 1.82) is 0 Å². The average Bonchev–Trinajstić information content (AvgIpc) is 2.26.